The highest BCUT2D eigenvalue weighted by atomic mass is 16.6. The summed E-state index contributed by atoms with van der Waals surface area (Å²) >= 11 is 0. The third-order valence-corrected chi connectivity index (χ3v) is 3.01. The third kappa shape index (κ3) is 2.30. The minimum absolute atomic E-state index is 0.0645. The van der Waals surface area contributed by atoms with Gasteiger partial charge in [-0.1, -0.05) is 29.8 Å². The smallest absolute Gasteiger partial charge is 0.411 e. The molecule has 1 aromatic rings. The van der Waals surface area contributed by atoms with Crippen molar-refractivity contribution in [3.05, 3.63) is 35.4 Å². The fraction of sp³-hybridized carbons (Fsp3) is 0.385. The summed E-state index contributed by atoms with van der Waals surface area (Å²) in [6, 6.07) is 7.73. The number of carbonyl (C=O) groups is 2. The third-order valence-electron chi connectivity index (χ3n) is 3.01. The molecule has 5 heteroatoms. The molecule has 96 valence electrons. The fourth-order valence-electron chi connectivity index (χ4n) is 1.86. The zero-order chi connectivity index (χ0) is 13.3. The predicted molar refractivity (Wildman–Crippen MR) is 64.1 cm³/mol. The van der Waals surface area contributed by atoms with Gasteiger partial charge in [-0.25, -0.2) is 9.59 Å². The molecule has 0 radical (unpaired) electrons. The van der Waals surface area contributed by atoms with Crippen LogP contribution in [0.2, 0.25) is 0 Å². The molecule has 1 aliphatic rings. The molecule has 1 heterocycles. The molecule has 1 fully saturated rings. The van der Waals surface area contributed by atoms with Crippen molar-refractivity contribution >= 4 is 12.1 Å². The molecular formula is C13H15NO4. The zero-order valence-corrected chi connectivity index (χ0v) is 10.3. The standard InChI is InChI=1S/C13H15NO4/c1-9-3-5-10(6-4-9)7-14-8-13(2,11(15)16)18-12(14)17/h3-6H,7-8H2,1-2H3,(H,15,16). The maximum atomic E-state index is 11.6. The Morgan fingerprint density at radius 2 is 2.06 bits per heavy atom. The second-order valence-electron chi connectivity index (χ2n) is 4.75. The molecule has 1 atom stereocenters. The average Bonchev–Trinajstić information content (AvgIpc) is 2.59. The van der Waals surface area contributed by atoms with Gasteiger partial charge in [0.25, 0.3) is 0 Å². The molecular weight excluding hydrogens is 234 g/mol. The van der Waals surface area contributed by atoms with Crippen molar-refractivity contribution in [2.45, 2.75) is 26.0 Å². The summed E-state index contributed by atoms with van der Waals surface area (Å²) in [6.07, 6.45) is -0.583. The highest BCUT2D eigenvalue weighted by Gasteiger charge is 2.47. The van der Waals surface area contributed by atoms with Crippen LogP contribution < -0.4 is 0 Å². The van der Waals surface area contributed by atoms with E-state index in [1.807, 2.05) is 31.2 Å². The molecule has 1 N–H and O–H groups in total. The number of benzene rings is 1. The van der Waals surface area contributed by atoms with Crippen molar-refractivity contribution in [1.29, 1.82) is 0 Å². The molecule has 0 spiro atoms. The van der Waals surface area contributed by atoms with E-state index in [4.69, 9.17) is 9.84 Å². The number of carbonyl (C=O) groups excluding carboxylic acids is 1. The van der Waals surface area contributed by atoms with E-state index >= 15 is 0 Å². The molecule has 1 unspecified atom stereocenters. The number of amides is 1. The molecule has 1 aliphatic heterocycles. The van der Waals surface area contributed by atoms with Gasteiger partial charge in [-0.15, -0.1) is 0 Å². The first-order valence-electron chi connectivity index (χ1n) is 5.67. The van der Waals surface area contributed by atoms with E-state index in [9.17, 15) is 9.59 Å². The molecule has 5 nitrogen and oxygen atoms in total. The van der Waals surface area contributed by atoms with Gasteiger partial charge in [-0.3, -0.25) is 4.90 Å². The van der Waals surface area contributed by atoms with Crippen molar-refractivity contribution in [3.63, 3.8) is 0 Å². The van der Waals surface area contributed by atoms with E-state index in [2.05, 4.69) is 0 Å². The quantitative estimate of drug-likeness (QED) is 0.886. The maximum absolute atomic E-state index is 11.6. The first-order chi connectivity index (χ1) is 8.40. The number of aryl methyl sites for hydroxylation is 1. The maximum Gasteiger partial charge on any atom is 0.411 e. The fourth-order valence-corrected chi connectivity index (χ4v) is 1.86. The van der Waals surface area contributed by atoms with Crippen LogP contribution in [0, 0.1) is 6.92 Å². The monoisotopic (exact) mass is 249 g/mol. The number of rotatable bonds is 3. The van der Waals surface area contributed by atoms with E-state index in [0.717, 1.165) is 11.1 Å². The van der Waals surface area contributed by atoms with Gasteiger partial charge in [0.05, 0.1) is 6.54 Å². The number of hydrogen-bond acceptors (Lipinski definition) is 3. The van der Waals surface area contributed by atoms with E-state index < -0.39 is 17.7 Å². The molecule has 0 bridgehead atoms. The summed E-state index contributed by atoms with van der Waals surface area (Å²) in [5, 5.41) is 9.01. The lowest BCUT2D eigenvalue weighted by Gasteiger charge is -2.16. The van der Waals surface area contributed by atoms with Crippen molar-refractivity contribution in [2.75, 3.05) is 6.54 Å². The molecule has 18 heavy (non-hydrogen) atoms. The summed E-state index contributed by atoms with van der Waals surface area (Å²) in [7, 11) is 0. The van der Waals surface area contributed by atoms with Gasteiger partial charge in [-0.2, -0.15) is 0 Å². The number of hydrogen-bond donors (Lipinski definition) is 1. The number of carboxylic acid groups (broad SMARTS) is 1. The van der Waals surface area contributed by atoms with Gasteiger partial charge in [0.15, 0.2) is 0 Å². The van der Waals surface area contributed by atoms with Gasteiger partial charge in [-0.05, 0) is 19.4 Å². The van der Waals surface area contributed by atoms with Gasteiger partial charge in [0.2, 0.25) is 5.60 Å². The number of nitrogens with zero attached hydrogens (tertiary/aromatic N) is 1. The Kier molecular flexibility index (Phi) is 2.98. The van der Waals surface area contributed by atoms with E-state index in [1.165, 1.54) is 11.8 Å². The Bertz CT molecular complexity index is 482. The molecule has 2 rings (SSSR count). The van der Waals surface area contributed by atoms with Crippen molar-refractivity contribution in [2.24, 2.45) is 0 Å². The lowest BCUT2D eigenvalue weighted by Crippen LogP contribution is -2.39. The molecule has 0 saturated carbocycles. The van der Waals surface area contributed by atoms with E-state index in [0.29, 0.717) is 6.54 Å². The molecule has 0 aliphatic carbocycles. The normalized spacial score (nSPS) is 23.0. The zero-order valence-electron chi connectivity index (χ0n) is 10.3. The second-order valence-corrected chi connectivity index (χ2v) is 4.75. The molecule has 1 amide bonds. The Morgan fingerprint density at radius 1 is 1.44 bits per heavy atom. The Labute approximate surface area is 105 Å². The van der Waals surface area contributed by atoms with Crippen LogP contribution in [0.4, 0.5) is 4.79 Å². The predicted octanol–water partition coefficient (Wildman–Crippen LogP) is 1.79. The Balaban J connectivity index is 2.09. The number of ether oxygens (including phenoxy) is 1. The summed E-state index contributed by atoms with van der Waals surface area (Å²) in [4.78, 5) is 24.0. The van der Waals surface area contributed by atoms with Crippen LogP contribution in [0.25, 0.3) is 0 Å². The highest BCUT2D eigenvalue weighted by Crippen LogP contribution is 2.24. The number of cyclic esters (lactones) is 1. The second kappa shape index (κ2) is 4.33. The number of carboxylic acids is 1. The lowest BCUT2D eigenvalue weighted by molar-refractivity contribution is -0.153. The topological polar surface area (TPSA) is 66.8 Å². The van der Waals surface area contributed by atoms with E-state index in [-0.39, 0.29) is 6.54 Å². The van der Waals surface area contributed by atoms with Crippen molar-refractivity contribution in [1.82, 2.24) is 4.90 Å². The van der Waals surface area contributed by atoms with Gasteiger partial charge >= 0.3 is 12.1 Å². The first kappa shape index (κ1) is 12.4. The van der Waals surface area contributed by atoms with Gasteiger partial charge < -0.3 is 9.84 Å². The van der Waals surface area contributed by atoms with Gasteiger partial charge in [0.1, 0.15) is 0 Å². The summed E-state index contributed by atoms with van der Waals surface area (Å²) in [5.41, 5.74) is 0.646. The Hall–Kier alpha value is -2.04. The van der Waals surface area contributed by atoms with Crippen LogP contribution in [-0.2, 0) is 16.1 Å². The average molecular weight is 249 g/mol. The van der Waals surface area contributed by atoms with E-state index in [1.54, 1.807) is 0 Å². The van der Waals surface area contributed by atoms with Crippen LogP contribution in [-0.4, -0.2) is 34.2 Å². The van der Waals surface area contributed by atoms with Crippen molar-refractivity contribution in [3.8, 4) is 0 Å². The summed E-state index contributed by atoms with van der Waals surface area (Å²) < 4.78 is 4.91. The number of aliphatic carboxylic acids is 1. The van der Waals surface area contributed by atoms with Crippen LogP contribution in [0.5, 0.6) is 0 Å². The molecule has 1 saturated heterocycles. The highest BCUT2D eigenvalue weighted by molar-refractivity contribution is 5.84. The largest absolute Gasteiger partial charge is 0.478 e. The minimum Gasteiger partial charge on any atom is -0.478 e. The molecule has 1 aromatic carbocycles. The van der Waals surface area contributed by atoms with Crippen LogP contribution >= 0.6 is 0 Å². The Morgan fingerprint density at radius 3 is 2.56 bits per heavy atom. The molecule has 0 aromatic heterocycles. The van der Waals surface area contributed by atoms with Crippen molar-refractivity contribution < 1.29 is 19.4 Å². The summed E-state index contributed by atoms with van der Waals surface area (Å²) in [5.74, 6) is -1.12. The lowest BCUT2D eigenvalue weighted by atomic mass is 10.1. The summed E-state index contributed by atoms with van der Waals surface area (Å²) in [6.45, 7) is 3.81. The SMILES string of the molecule is Cc1ccc(CN2CC(C)(C(=O)O)OC2=O)cc1. The minimum atomic E-state index is -1.44. The van der Waals surface area contributed by atoms with Gasteiger partial charge in [0, 0.05) is 6.54 Å². The van der Waals surface area contributed by atoms with Crippen LogP contribution in [0.1, 0.15) is 18.1 Å². The van der Waals surface area contributed by atoms with Crippen LogP contribution in [0.3, 0.4) is 0 Å². The van der Waals surface area contributed by atoms with Crippen LogP contribution in [0.15, 0.2) is 24.3 Å². The first-order valence-corrected chi connectivity index (χ1v) is 5.67.